The first kappa shape index (κ1) is 19.1. The molecule has 0 aromatic rings. The van der Waals surface area contributed by atoms with E-state index in [2.05, 4.69) is 0 Å². The molecule has 1 fully saturated rings. The molecule has 0 saturated heterocycles. The summed E-state index contributed by atoms with van der Waals surface area (Å²) in [6, 6.07) is -0.576. The maximum Gasteiger partial charge on any atom is 0.254 e. The Kier molecular flexibility index (Phi) is 6.91. The number of imide groups is 1. The molecule has 2 amide bonds. The van der Waals surface area contributed by atoms with Gasteiger partial charge in [0.2, 0.25) is 0 Å². The van der Waals surface area contributed by atoms with Crippen molar-refractivity contribution in [3.63, 3.8) is 0 Å². The third kappa shape index (κ3) is 3.54. The summed E-state index contributed by atoms with van der Waals surface area (Å²) < 4.78 is 23.5. The third-order valence-corrected chi connectivity index (χ3v) is 4.22. The second-order valence-corrected chi connectivity index (χ2v) is 5.55. The Bertz CT molecular complexity index is 440. The quantitative estimate of drug-likeness (QED) is 0.581. The van der Waals surface area contributed by atoms with E-state index in [0.717, 1.165) is 0 Å². The molecule has 0 aromatic carbocycles. The highest BCUT2D eigenvalue weighted by Crippen LogP contribution is 2.35. The van der Waals surface area contributed by atoms with Gasteiger partial charge >= 0.3 is 0 Å². The number of hydrogen-bond donors (Lipinski definition) is 0. The Balaban J connectivity index is 2.40. The molecular weight excluding hydrogens is 314 g/mol. The second kappa shape index (κ2) is 8.71. The lowest BCUT2D eigenvalue weighted by Crippen LogP contribution is -2.53. The van der Waals surface area contributed by atoms with E-state index in [4.69, 9.17) is 18.9 Å². The van der Waals surface area contributed by atoms with Crippen LogP contribution in [0.25, 0.3) is 0 Å². The average Bonchev–Trinajstić information content (AvgIpc) is 3.01. The standard InChI is InChI=1S/C17H27NO6/c1-5-21-14-13(18-11(19)9-10-12(18)20)15(22-6-2)17(24-8-4)16(14)23-7-3/h9-10,13-17H,5-8H2,1-4H3. The summed E-state index contributed by atoms with van der Waals surface area (Å²) in [5.74, 6) is -0.710. The van der Waals surface area contributed by atoms with Crippen molar-refractivity contribution in [1.29, 1.82) is 0 Å². The fourth-order valence-electron chi connectivity index (χ4n) is 3.49. The zero-order chi connectivity index (χ0) is 17.7. The first-order valence-electron chi connectivity index (χ1n) is 8.62. The minimum absolute atomic E-state index is 0.355. The smallest absolute Gasteiger partial charge is 0.254 e. The van der Waals surface area contributed by atoms with E-state index in [-0.39, 0.29) is 11.8 Å². The van der Waals surface area contributed by atoms with E-state index in [1.54, 1.807) is 0 Å². The number of carbonyl (C=O) groups is 2. The van der Waals surface area contributed by atoms with Crippen LogP contribution in [0.5, 0.6) is 0 Å². The summed E-state index contributed by atoms with van der Waals surface area (Å²) in [6.07, 6.45) is 0.762. The minimum atomic E-state index is -0.576. The molecule has 2 aliphatic rings. The van der Waals surface area contributed by atoms with Crippen LogP contribution in [0.1, 0.15) is 27.7 Å². The first-order valence-corrected chi connectivity index (χ1v) is 8.62. The highest BCUT2D eigenvalue weighted by molar-refractivity contribution is 6.13. The van der Waals surface area contributed by atoms with Gasteiger partial charge in [-0.25, -0.2) is 0 Å². The Morgan fingerprint density at radius 3 is 1.38 bits per heavy atom. The van der Waals surface area contributed by atoms with Crippen LogP contribution in [0.3, 0.4) is 0 Å². The van der Waals surface area contributed by atoms with E-state index < -0.39 is 30.5 Å². The van der Waals surface area contributed by atoms with Gasteiger partial charge in [-0.1, -0.05) is 0 Å². The van der Waals surface area contributed by atoms with Gasteiger partial charge in [0.25, 0.3) is 11.8 Å². The van der Waals surface area contributed by atoms with E-state index in [1.807, 2.05) is 27.7 Å². The van der Waals surface area contributed by atoms with E-state index in [1.165, 1.54) is 17.1 Å². The van der Waals surface area contributed by atoms with Gasteiger partial charge in [-0.15, -0.1) is 0 Å². The van der Waals surface area contributed by atoms with Crippen LogP contribution < -0.4 is 0 Å². The van der Waals surface area contributed by atoms with Crippen molar-refractivity contribution < 1.29 is 28.5 Å². The summed E-state index contributed by atoms with van der Waals surface area (Å²) in [6.45, 7) is 9.35. The van der Waals surface area contributed by atoms with Crippen LogP contribution in [0, 0.1) is 0 Å². The van der Waals surface area contributed by atoms with Gasteiger partial charge < -0.3 is 18.9 Å². The Morgan fingerprint density at radius 1 is 0.708 bits per heavy atom. The molecule has 2 rings (SSSR count). The van der Waals surface area contributed by atoms with Crippen LogP contribution in [-0.2, 0) is 28.5 Å². The van der Waals surface area contributed by atoms with Crippen LogP contribution in [-0.4, -0.2) is 73.6 Å². The van der Waals surface area contributed by atoms with Crippen molar-refractivity contribution in [3.8, 4) is 0 Å². The predicted octanol–water partition coefficient (Wildman–Crippen LogP) is 0.914. The van der Waals surface area contributed by atoms with Crippen molar-refractivity contribution in [2.45, 2.75) is 58.2 Å². The van der Waals surface area contributed by atoms with Crippen LogP contribution >= 0.6 is 0 Å². The molecule has 0 spiro atoms. The van der Waals surface area contributed by atoms with Gasteiger partial charge in [0, 0.05) is 38.6 Å². The van der Waals surface area contributed by atoms with Gasteiger partial charge in [0.15, 0.2) is 0 Å². The molecular formula is C17H27NO6. The Morgan fingerprint density at radius 2 is 1.04 bits per heavy atom. The number of hydrogen-bond acceptors (Lipinski definition) is 6. The summed E-state index contributed by atoms with van der Waals surface area (Å²) in [4.78, 5) is 25.7. The van der Waals surface area contributed by atoms with Gasteiger partial charge in [0.1, 0.15) is 24.4 Å². The number of rotatable bonds is 9. The summed E-state index contributed by atoms with van der Waals surface area (Å²) in [5, 5.41) is 0. The highest BCUT2D eigenvalue weighted by atomic mass is 16.6. The molecule has 1 saturated carbocycles. The average molecular weight is 341 g/mol. The highest BCUT2D eigenvalue weighted by Gasteiger charge is 2.58. The van der Waals surface area contributed by atoms with Gasteiger partial charge in [0.05, 0.1) is 6.04 Å². The zero-order valence-electron chi connectivity index (χ0n) is 14.8. The molecule has 136 valence electrons. The lowest BCUT2D eigenvalue weighted by Gasteiger charge is -2.32. The fourth-order valence-corrected chi connectivity index (χ4v) is 3.49. The molecule has 7 heteroatoms. The molecule has 4 unspecified atom stereocenters. The fraction of sp³-hybridized carbons (Fsp3) is 0.765. The largest absolute Gasteiger partial charge is 0.373 e. The lowest BCUT2D eigenvalue weighted by molar-refractivity contribution is -0.149. The number of carbonyl (C=O) groups excluding carboxylic acids is 2. The van der Waals surface area contributed by atoms with Crippen molar-refractivity contribution in [1.82, 2.24) is 4.90 Å². The molecule has 1 heterocycles. The monoisotopic (exact) mass is 341 g/mol. The third-order valence-electron chi connectivity index (χ3n) is 4.22. The molecule has 0 aromatic heterocycles. The molecule has 24 heavy (non-hydrogen) atoms. The maximum absolute atomic E-state index is 12.2. The minimum Gasteiger partial charge on any atom is -0.373 e. The molecule has 1 aliphatic carbocycles. The van der Waals surface area contributed by atoms with Gasteiger partial charge in [-0.05, 0) is 27.7 Å². The van der Waals surface area contributed by atoms with Crippen LogP contribution in [0.4, 0.5) is 0 Å². The zero-order valence-corrected chi connectivity index (χ0v) is 14.8. The first-order chi connectivity index (χ1) is 11.6. The van der Waals surface area contributed by atoms with Crippen LogP contribution in [0.2, 0.25) is 0 Å². The van der Waals surface area contributed by atoms with Crippen molar-refractivity contribution in [2.75, 3.05) is 26.4 Å². The molecule has 0 radical (unpaired) electrons. The Hall–Kier alpha value is -1.28. The van der Waals surface area contributed by atoms with E-state index in [9.17, 15) is 9.59 Å². The van der Waals surface area contributed by atoms with Crippen LogP contribution in [0.15, 0.2) is 12.2 Å². The number of amides is 2. The molecule has 0 bridgehead atoms. The molecule has 4 atom stereocenters. The van der Waals surface area contributed by atoms with Crippen molar-refractivity contribution >= 4 is 11.8 Å². The van der Waals surface area contributed by atoms with Gasteiger partial charge in [-0.2, -0.15) is 0 Å². The second-order valence-electron chi connectivity index (χ2n) is 5.55. The topological polar surface area (TPSA) is 74.3 Å². The SMILES string of the molecule is CCOC1C(OCC)C(OCC)C(N2C(=O)C=CC2=O)C1OCC. The molecule has 7 nitrogen and oxygen atoms in total. The number of ether oxygens (including phenoxy) is 4. The summed E-state index contributed by atoms with van der Waals surface area (Å²) in [7, 11) is 0. The summed E-state index contributed by atoms with van der Waals surface area (Å²) in [5.41, 5.74) is 0. The summed E-state index contributed by atoms with van der Waals surface area (Å²) >= 11 is 0. The van der Waals surface area contributed by atoms with Gasteiger partial charge in [-0.3, -0.25) is 14.5 Å². The molecule has 0 N–H and O–H groups in total. The maximum atomic E-state index is 12.2. The Labute approximate surface area is 142 Å². The number of nitrogens with zero attached hydrogens (tertiary/aromatic N) is 1. The van der Waals surface area contributed by atoms with Crippen molar-refractivity contribution in [3.05, 3.63) is 12.2 Å². The van der Waals surface area contributed by atoms with Crippen molar-refractivity contribution in [2.24, 2.45) is 0 Å². The predicted molar refractivity (Wildman–Crippen MR) is 86.4 cm³/mol. The normalized spacial score (nSPS) is 33.0. The molecule has 1 aliphatic heterocycles. The van der Waals surface area contributed by atoms with E-state index >= 15 is 0 Å². The van der Waals surface area contributed by atoms with E-state index in [0.29, 0.717) is 26.4 Å². The lowest BCUT2D eigenvalue weighted by atomic mass is 10.1.